The second kappa shape index (κ2) is 5.37. The maximum atomic E-state index is 11.5. The lowest BCUT2D eigenvalue weighted by molar-refractivity contribution is -0.576. The van der Waals surface area contributed by atoms with E-state index < -0.39 is 0 Å². The molecular weight excluding hydrogens is 228 g/mol. The SMILES string of the molecule is Nc1nc(N)[n+]([O-])c(N)c1N(CCO)CCO. The number of aliphatic hydroxyl groups is 2. The van der Waals surface area contributed by atoms with Crippen LogP contribution in [0.2, 0.25) is 0 Å². The minimum atomic E-state index is -0.350. The molecule has 0 fully saturated rings. The highest BCUT2D eigenvalue weighted by molar-refractivity contribution is 5.74. The molecule has 1 heterocycles. The molecule has 1 aromatic heterocycles. The van der Waals surface area contributed by atoms with Gasteiger partial charge in [-0.1, -0.05) is 4.98 Å². The Balaban J connectivity index is 3.22. The Hall–Kier alpha value is -2.00. The summed E-state index contributed by atoms with van der Waals surface area (Å²) in [4.78, 5) is 5.10. The van der Waals surface area contributed by atoms with Gasteiger partial charge in [0, 0.05) is 13.1 Å². The van der Waals surface area contributed by atoms with Gasteiger partial charge in [-0.3, -0.25) is 0 Å². The average Bonchev–Trinajstić information content (AvgIpc) is 2.27. The van der Waals surface area contributed by atoms with Crippen LogP contribution in [0.1, 0.15) is 0 Å². The Morgan fingerprint density at radius 1 is 1.18 bits per heavy atom. The van der Waals surface area contributed by atoms with Crippen molar-refractivity contribution < 1.29 is 14.9 Å². The van der Waals surface area contributed by atoms with E-state index in [1.807, 2.05) is 0 Å². The standard InChI is InChI=1S/C8H16N6O3/c9-6-5(13(1-3-15)2-4-16)7(10)14(17)8(11)12-6/h15-16H,1-4,10H2,(H4,9,11,12). The van der Waals surface area contributed by atoms with Crippen LogP contribution in [-0.2, 0) is 0 Å². The number of nitrogens with two attached hydrogens (primary N) is 3. The van der Waals surface area contributed by atoms with E-state index >= 15 is 0 Å². The van der Waals surface area contributed by atoms with Gasteiger partial charge in [0.1, 0.15) is 0 Å². The number of hydrogen-bond donors (Lipinski definition) is 5. The zero-order valence-corrected chi connectivity index (χ0v) is 9.20. The molecule has 0 aliphatic carbocycles. The third-order valence-corrected chi connectivity index (χ3v) is 2.20. The molecule has 1 rings (SSSR count). The maximum absolute atomic E-state index is 11.5. The lowest BCUT2D eigenvalue weighted by Crippen LogP contribution is -2.40. The van der Waals surface area contributed by atoms with Gasteiger partial charge in [0.05, 0.1) is 13.2 Å². The largest absolute Gasteiger partial charge is 0.754 e. The van der Waals surface area contributed by atoms with E-state index in [1.165, 1.54) is 4.90 Å². The number of aliphatic hydroxyl groups excluding tert-OH is 2. The first kappa shape index (κ1) is 13.1. The summed E-state index contributed by atoms with van der Waals surface area (Å²) in [6.07, 6.45) is 0. The molecule has 0 bridgehead atoms. The second-order valence-corrected chi connectivity index (χ2v) is 3.32. The fourth-order valence-corrected chi connectivity index (χ4v) is 1.47. The Morgan fingerprint density at radius 3 is 2.18 bits per heavy atom. The summed E-state index contributed by atoms with van der Waals surface area (Å²) in [5.41, 5.74) is 16.7. The average molecular weight is 244 g/mol. The molecule has 0 unspecified atom stereocenters. The van der Waals surface area contributed by atoms with Crippen molar-refractivity contribution in [2.45, 2.75) is 0 Å². The molecule has 0 saturated carbocycles. The third kappa shape index (κ3) is 2.57. The van der Waals surface area contributed by atoms with Crippen molar-refractivity contribution in [2.75, 3.05) is 48.4 Å². The molecule has 0 saturated heterocycles. The van der Waals surface area contributed by atoms with Crippen molar-refractivity contribution in [1.29, 1.82) is 0 Å². The minimum Gasteiger partial charge on any atom is -0.754 e. The van der Waals surface area contributed by atoms with Gasteiger partial charge in [-0.25, -0.2) is 4.73 Å². The van der Waals surface area contributed by atoms with E-state index in [0.29, 0.717) is 0 Å². The first-order valence-corrected chi connectivity index (χ1v) is 4.93. The lowest BCUT2D eigenvalue weighted by Gasteiger charge is -2.25. The van der Waals surface area contributed by atoms with Crippen LogP contribution in [-0.4, -0.2) is 41.5 Å². The molecular formula is C8H16N6O3. The Morgan fingerprint density at radius 2 is 1.71 bits per heavy atom. The van der Waals surface area contributed by atoms with Crippen LogP contribution in [0.5, 0.6) is 0 Å². The number of nitrogen functional groups attached to an aromatic ring is 3. The van der Waals surface area contributed by atoms with Gasteiger partial charge in [-0.15, -0.1) is 0 Å². The van der Waals surface area contributed by atoms with Crippen molar-refractivity contribution in [1.82, 2.24) is 4.98 Å². The molecule has 0 atom stereocenters. The highest BCUT2D eigenvalue weighted by atomic mass is 16.5. The summed E-state index contributed by atoms with van der Waals surface area (Å²) in [6.45, 7) is -0.0225. The predicted octanol–water partition coefficient (Wildman–Crippen LogP) is -2.75. The molecule has 0 aliphatic heterocycles. The molecule has 0 aliphatic rings. The predicted molar refractivity (Wildman–Crippen MR) is 62.8 cm³/mol. The summed E-state index contributed by atoms with van der Waals surface area (Å²) in [5.74, 6) is -0.581. The van der Waals surface area contributed by atoms with E-state index in [4.69, 9.17) is 27.4 Å². The number of anilines is 4. The van der Waals surface area contributed by atoms with Gasteiger partial charge in [0.15, 0.2) is 5.69 Å². The number of rotatable bonds is 5. The number of aromatic nitrogens is 2. The molecule has 8 N–H and O–H groups in total. The van der Waals surface area contributed by atoms with Crippen LogP contribution >= 0.6 is 0 Å². The van der Waals surface area contributed by atoms with Crippen LogP contribution < -0.4 is 26.8 Å². The molecule has 0 amide bonds. The normalized spacial score (nSPS) is 10.5. The monoisotopic (exact) mass is 244 g/mol. The second-order valence-electron chi connectivity index (χ2n) is 3.32. The third-order valence-electron chi connectivity index (χ3n) is 2.20. The molecule has 96 valence electrons. The molecule has 9 heteroatoms. The Labute approximate surface area is 97.7 Å². The molecule has 0 spiro atoms. The fourth-order valence-electron chi connectivity index (χ4n) is 1.47. The molecule has 9 nitrogen and oxygen atoms in total. The van der Waals surface area contributed by atoms with Crippen molar-refractivity contribution in [3.8, 4) is 0 Å². The van der Waals surface area contributed by atoms with Crippen LogP contribution in [0.3, 0.4) is 0 Å². The molecule has 1 aromatic rings. The smallest absolute Gasteiger partial charge is 0.346 e. The van der Waals surface area contributed by atoms with Crippen molar-refractivity contribution in [2.24, 2.45) is 0 Å². The summed E-state index contributed by atoms with van der Waals surface area (Å²) >= 11 is 0. The first-order valence-electron chi connectivity index (χ1n) is 4.93. The van der Waals surface area contributed by atoms with Crippen LogP contribution in [0.25, 0.3) is 0 Å². The zero-order chi connectivity index (χ0) is 13.0. The number of nitrogens with zero attached hydrogens (tertiary/aromatic N) is 3. The Kier molecular flexibility index (Phi) is 4.12. The molecule has 17 heavy (non-hydrogen) atoms. The summed E-state index contributed by atoms with van der Waals surface area (Å²) in [7, 11) is 0. The van der Waals surface area contributed by atoms with Crippen LogP contribution in [0.4, 0.5) is 23.3 Å². The van der Waals surface area contributed by atoms with Crippen molar-refractivity contribution in [3.05, 3.63) is 5.21 Å². The summed E-state index contributed by atoms with van der Waals surface area (Å²) in [5, 5.41) is 29.2. The molecule has 0 aromatic carbocycles. The van der Waals surface area contributed by atoms with E-state index in [1.54, 1.807) is 0 Å². The zero-order valence-electron chi connectivity index (χ0n) is 9.20. The Bertz CT molecular complexity index is 393. The van der Waals surface area contributed by atoms with E-state index in [9.17, 15) is 5.21 Å². The molecule has 0 radical (unpaired) electrons. The fraction of sp³-hybridized carbons (Fsp3) is 0.500. The van der Waals surface area contributed by atoms with E-state index in [0.717, 1.165) is 0 Å². The van der Waals surface area contributed by atoms with Gasteiger partial charge >= 0.3 is 5.95 Å². The van der Waals surface area contributed by atoms with Gasteiger partial charge in [0.25, 0.3) is 0 Å². The first-order chi connectivity index (χ1) is 8.02. The van der Waals surface area contributed by atoms with Crippen molar-refractivity contribution in [3.63, 3.8) is 0 Å². The highest BCUT2D eigenvalue weighted by Gasteiger charge is 2.20. The van der Waals surface area contributed by atoms with Crippen LogP contribution in [0.15, 0.2) is 0 Å². The van der Waals surface area contributed by atoms with Gasteiger partial charge in [0.2, 0.25) is 11.6 Å². The van der Waals surface area contributed by atoms with Crippen LogP contribution in [0, 0.1) is 5.21 Å². The maximum Gasteiger partial charge on any atom is 0.346 e. The minimum absolute atomic E-state index is 0.0194. The van der Waals surface area contributed by atoms with Gasteiger partial charge < -0.3 is 37.5 Å². The van der Waals surface area contributed by atoms with Gasteiger partial charge in [-0.2, -0.15) is 0 Å². The summed E-state index contributed by atoms with van der Waals surface area (Å²) < 4.78 is 0.243. The van der Waals surface area contributed by atoms with E-state index in [-0.39, 0.29) is 54.3 Å². The highest BCUT2D eigenvalue weighted by Crippen LogP contribution is 2.26. The topological polar surface area (TPSA) is 162 Å². The number of hydrogen-bond acceptors (Lipinski definition) is 8. The van der Waals surface area contributed by atoms with E-state index in [2.05, 4.69) is 4.98 Å². The van der Waals surface area contributed by atoms with Crippen molar-refractivity contribution >= 4 is 23.3 Å². The van der Waals surface area contributed by atoms with Gasteiger partial charge in [-0.05, 0) is 0 Å². The quantitative estimate of drug-likeness (QED) is 0.275. The summed E-state index contributed by atoms with van der Waals surface area (Å²) in [6, 6.07) is 0. The lowest BCUT2D eigenvalue weighted by atomic mass is 10.3.